The normalized spacial score (nSPS) is 17.2. The zero-order chi connectivity index (χ0) is 13.6. The van der Waals surface area contributed by atoms with E-state index in [1.165, 1.54) is 0 Å². The molecule has 18 heavy (non-hydrogen) atoms. The smallest absolute Gasteiger partial charge is 0.165 e. The second-order valence-corrected chi connectivity index (χ2v) is 7.22. The first kappa shape index (κ1) is 13.5. The molecule has 0 saturated heterocycles. The number of ether oxygens (including phenoxy) is 2. The lowest BCUT2D eigenvalue weighted by molar-refractivity contribution is 0.126. The van der Waals surface area contributed by atoms with Crippen LogP contribution in [-0.2, 0) is 6.42 Å². The minimum absolute atomic E-state index is 0.114. The lowest BCUT2D eigenvalue weighted by Crippen LogP contribution is -2.25. The second-order valence-electron chi connectivity index (χ2n) is 6.78. The van der Waals surface area contributed by atoms with Crippen LogP contribution in [-0.4, -0.2) is 12.2 Å². The van der Waals surface area contributed by atoms with Gasteiger partial charge in [0.05, 0.1) is 6.61 Å². The molecule has 0 spiro atoms. The Kier molecular flexibility index (Phi) is 3.26. The van der Waals surface area contributed by atoms with Crippen LogP contribution in [0.4, 0.5) is 0 Å². The van der Waals surface area contributed by atoms with Gasteiger partial charge >= 0.3 is 0 Å². The number of rotatable bonds is 2. The van der Waals surface area contributed by atoms with Crippen LogP contribution in [0.2, 0.25) is 5.02 Å². The Morgan fingerprint density at radius 3 is 2.61 bits per heavy atom. The van der Waals surface area contributed by atoms with Crippen molar-refractivity contribution in [1.82, 2.24) is 0 Å². The van der Waals surface area contributed by atoms with Crippen molar-refractivity contribution in [2.24, 2.45) is 5.41 Å². The third-order valence-corrected chi connectivity index (χ3v) is 2.97. The van der Waals surface area contributed by atoms with Gasteiger partial charge in [0.2, 0.25) is 0 Å². The van der Waals surface area contributed by atoms with Crippen molar-refractivity contribution >= 4 is 11.6 Å². The molecule has 1 aliphatic heterocycles. The van der Waals surface area contributed by atoms with Gasteiger partial charge in [-0.05, 0) is 25.3 Å². The summed E-state index contributed by atoms with van der Waals surface area (Å²) in [5.41, 5.74) is 1.08. The Labute approximate surface area is 114 Å². The van der Waals surface area contributed by atoms with Crippen LogP contribution < -0.4 is 9.47 Å². The summed E-state index contributed by atoms with van der Waals surface area (Å²) in [6, 6.07) is 3.81. The summed E-state index contributed by atoms with van der Waals surface area (Å²) in [5.74, 6) is 1.62. The van der Waals surface area contributed by atoms with E-state index in [1.54, 1.807) is 0 Å². The van der Waals surface area contributed by atoms with Crippen LogP contribution in [0.3, 0.4) is 0 Å². The average Bonchev–Trinajstić information content (AvgIpc) is 2.47. The summed E-state index contributed by atoms with van der Waals surface area (Å²) in [6.07, 6.45) is 0.870. The van der Waals surface area contributed by atoms with Crippen LogP contribution in [0.25, 0.3) is 0 Å². The summed E-state index contributed by atoms with van der Waals surface area (Å²) in [7, 11) is 0. The molecule has 1 aliphatic rings. The molecule has 0 aromatic heterocycles. The number of halogens is 1. The highest BCUT2D eigenvalue weighted by Crippen LogP contribution is 2.44. The third kappa shape index (κ3) is 3.11. The first-order valence-electron chi connectivity index (χ1n) is 6.31. The van der Waals surface area contributed by atoms with Crippen LogP contribution in [0.5, 0.6) is 11.5 Å². The molecule has 0 fully saturated rings. The molecule has 0 amide bonds. The Hall–Kier alpha value is -0.890. The first-order valence-corrected chi connectivity index (χ1v) is 6.68. The van der Waals surface area contributed by atoms with Crippen molar-refractivity contribution < 1.29 is 9.47 Å². The molecule has 0 aliphatic carbocycles. The molecule has 0 unspecified atom stereocenters. The number of benzene rings is 1. The largest absolute Gasteiger partial charge is 0.489 e. The highest BCUT2D eigenvalue weighted by Gasteiger charge is 2.33. The van der Waals surface area contributed by atoms with Crippen molar-refractivity contribution in [2.75, 3.05) is 6.61 Å². The molecule has 1 aromatic rings. The fourth-order valence-corrected chi connectivity index (χ4v) is 2.27. The predicted octanol–water partition coefficient (Wildman–Crippen LogP) is 4.48. The van der Waals surface area contributed by atoms with Gasteiger partial charge < -0.3 is 9.47 Å². The summed E-state index contributed by atoms with van der Waals surface area (Å²) in [4.78, 5) is 0. The van der Waals surface area contributed by atoms with E-state index >= 15 is 0 Å². The monoisotopic (exact) mass is 268 g/mol. The van der Waals surface area contributed by atoms with Crippen LogP contribution in [0.1, 0.15) is 40.2 Å². The number of hydrogen-bond donors (Lipinski definition) is 0. The molecule has 100 valence electrons. The van der Waals surface area contributed by atoms with Gasteiger partial charge in [-0.1, -0.05) is 32.4 Å². The lowest BCUT2D eigenvalue weighted by Gasteiger charge is -2.21. The van der Waals surface area contributed by atoms with E-state index in [1.807, 2.05) is 12.1 Å². The maximum atomic E-state index is 6.14. The number of fused-ring (bicyclic) bond motifs is 1. The van der Waals surface area contributed by atoms with Gasteiger partial charge in [0, 0.05) is 23.1 Å². The molecule has 2 rings (SSSR count). The molecule has 1 aromatic carbocycles. The molecular formula is C15H21ClO2. The van der Waals surface area contributed by atoms with Crippen molar-refractivity contribution in [3.8, 4) is 11.5 Å². The number of hydrogen-bond acceptors (Lipinski definition) is 2. The molecule has 0 radical (unpaired) electrons. The lowest BCUT2D eigenvalue weighted by atomic mass is 9.98. The zero-order valence-electron chi connectivity index (χ0n) is 11.8. The predicted molar refractivity (Wildman–Crippen MR) is 74.8 cm³/mol. The summed E-state index contributed by atoms with van der Waals surface area (Å²) in [6.45, 7) is 11.2. The summed E-state index contributed by atoms with van der Waals surface area (Å²) < 4.78 is 11.8. The topological polar surface area (TPSA) is 18.5 Å². The summed E-state index contributed by atoms with van der Waals surface area (Å²) in [5, 5.41) is 0.707. The highest BCUT2D eigenvalue weighted by atomic mass is 35.5. The molecule has 0 atom stereocenters. The van der Waals surface area contributed by atoms with Crippen molar-refractivity contribution in [3.63, 3.8) is 0 Å². The van der Waals surface area contributed by atoms with Gasteiger partial charge in [0.1, 0.15) is 5.60 Å². The van der Waals surface area contributed by atoms with Gasteiger partial charge in [-0.25, -0.2) is 0 Å². The molecule has 0 saturated carbocycles. The van der Waals surface area contributed by atoms with E-state index in [0.29, 0.717) is 11.6 Å². The Morgan fingerprint density at radius 1 is 1.33 bits per heavy atom. The first-order chi connectivity index (χ1) is 8.16. The Morgan fingerprint density at radius 2 is 2.00 bits per heavy atom. The third-order valence-electron chi connectivity index (χ3n) is 2.75. The van der Waals surface area contributed by atoms with E-state index in [0.717, 1.165) is 23.5 Å². The summed E-state index contributed by atoms with van der Waals surface area (Å²) >= 11 is 6.14. The van der Waals surface area contributed by atoms with Gasteiger partial charge in [0.15, 0.2) is 11.5 Å². The second kappa shape index (κ2) is 4.34. The van der Waals surface area contributed by atoms with E-state index in [-0.39, 0.29) is 11.0 Å². The minimum atomic E-state index is -0.174. The zero-order valence-corrected chi connectivity index (χ0v) is 12.5. The molecule has 1 heterocycles. The molecular weight excluding hydrogens is 248 g/mol. The van der Waals surface area contributed by atoms with Gasteiger partial charge in [0.25, 0.3) is 0 Å². The van der Waals surface area contributed by atoms with Crippen LogP contribution in [0, 0.1) is 5.41 Å². The van der Waals surface area contributed by atoms with E-state index in [4.69, 9.17) is 21.1 Å². The van der Waals surface area contributed by atoms with E-state index in [2.05, 4.69) is 34.6 Å². The van der Waals surface area contributed by atoms with Crippen molar-refractivity contribution in [3.05, 3.63) is 22.7 Å². The quantitative estimate of drug-likeness (QED) is 0.787. The van der Waals surface area contributed by atoms with Crippen LogP contribution >= 0.6 is 11.6 Å². The highest BCUT2D eigenvalue weighted by molar-refractivity contribution is 6.30. The molecule has 3 heteroatoms. The Balaban J connectivity index is 2.27. The Bertz CT molecular complexity index is 458. The van der Waals surface area contributed by atoms with Crippen molar-refractivity contribution in [1.29, 1.82) is 0 Å². The SMILES string of the molecule is CC(C)(C)COc1cc(Cl)cc2c1OC(C)(C)C2. The maximum Gasteiger partial charge on any atom is 0.165 e. The molecule has 0 N–H and O–H groups in total. The fourth-order valence-electron chi connectivity index (χ4n) is 2.04. The van der Waals surface area contributed by atoms with Gasteiger partial charge in [-0.15, -0.1) is 0 Å². The van der Waals surface area contributed by atoms with E-state index < -0.39 is 0 Å². The van der Waals surface area contributed by atoms with E-state index in [9.17, 15) is 0 Å². The maximum absolute atomic E-state index is 6.14. The fraction of sp³-hybridized carbons (Fsp3) is 0.600. The van der Waals surface area contributed by atoms with Crippen LogP contribution in [0.15, 0.2) is 12.1 Å². The average molecular weight is 269 g/mol. The minimum Gasteiger partial charge on any atom is -0.489 e. The van der Waals surface area contributed by atoms with Gasteiger partial charge in [-0.2, -0.15) is 0 Å². The van der Waals surface area contributed by atoms with Gasteiger partial charge in [-0.3, -0.25) is 0 Å². The molecule has 2 nitrogen and oxygen atoms in total. The molecule has 0 bridgehead atoms. The van der Waals surface area contributed by atoms with Crippen molar-refractivity contribution in [2.45, 2.75) is 46.6 Å². The standard InChI is InChI=1S/C15H21ClO2/c1-14(2,3)9-17-12-7-11(16)6-10-8-15(4,5)18-13(10)12/h6-7H,8-9H2,1-5H3.